The molecule has 0 amide bonds. The molecule has 5 aromatic rings. The Balaban J connectivity index is 1.58. The van der Waals surface area contributed by atoms with Crippen molar-refractivity contribution in [3.8, 4) is 5.75 Å². The normalized spacial score (nSPS) is 12.2. The summed E-state index contributed by atoms with van der Waals surface area (Å²) in [6, 6.07) is 20.3. The van der Waals surface area contributed by atoms with Crippen molar-refractivity contribution in [1.29, 1.82) is 0 Å². The van der Waals surface area contributed by atoms with Gasteiger partial charge < -0.3 is 14.4 Å². The van der Waals surface area contributed by atoms with Crippen molar-refractivity contribution >= 4 is 39.7 Å². The summed E-state index contributed by atoms with van der Waals surface area (Å²) < 4.78 is 21.8. The smallest absolute Gasteiger partial charge is 0.309 e. The number of carboxylic acids is 1. The van der Waals surface area contributed by atoms with Crippen LogP contribution in [0, 0.1) is 11.2 Å². The van der Waals surface area contributed by atoms with Crippen molar-refractivity contribution < 1.29 is 19.0 Å². The van der Waals surface area contributed by atoms with Crippen molar-refractivity contribution in [1.82, 2.24) is 14.5 Å². The van der Waals surface area contributed by atoms with Crippen LogP contribution >= 0.6 is 11.8 Å². The van der Waals surface area contributed by atoms with Crippen molar-refractivity contribution in [2.75, 3.05) is 0 Å². The second kappa shape index (κ2) is 11.2. The number of carboxylic acid groups (broad SMARTS) is 1. The molecular formula is C33H34FN3O3S. The van der Waals surface area contributed by atoms with Crippen LogP contribution in [0.3, 0.4) is 0 Å². The van der Waals surface area contributed by atoms with Crippen LogP contribution in [-0.2, 0) is 24.4 Å². The number of halogens is 1. The van der Waals surface area contributed by atoms with Crippen LogP contribution in [0.25, 0.3) is 21.9 Å². The number of aliphatic carboxylic acids is 1. The molecule has 0 saturated carbocycles. The fraction of sp³-hybridized carbons (Fsp3) is 0.303. The van der Waals surface area contributed by atoms with Gasteiger partial charge in [0.2, 0.25) is 0 Å². The summed E-state index contributed by atoms with van der Waals surface area (Å²) in [5.74, 6) is -0.572. The molecule has 0 saturated heterocycles. The number of hydrogen-bond donors (Lipinski definition) is 1. The highest BCUT2D eigenvalue weighted by molar-refractivity contribution is 8.00. The zero-order valence-corrected chi connectivity index (χ0v) is 24.8. The number of hydrogen-bond acceptors (Lipinski definition) is 5. The summed E-state index contributed by atoms with van der Waals surface area (Å²) in [5, 5.41) is 12.0. The Morgan fingerprint density at radius 1 is 1.02 bits per heavy atom. The molecule has 8 heteroatoms. The van der Waals surface area contributed by atoms with Crippen LogP contribution in [0.5, 0.6) is 5.75 Å². The first-order valence-electron chi connectivity index (χ1n) is 13.5. The first-order chi connectivity index (χ1) is 19.4. The average molecular weight is 572 g/mol. The van der Waals surface area contributed by atoms with E-state index in [1.54, 1.807) is 43.9 Å². The molecule has 0 fully saturated rings. The molecule has 0 bridgehead atoms. The number of ether oxygens (including phenoxy) is 1. The minimum Gasteiger partial charge on any atom is -0.486 e. The Labute approximate surface area is 243 Å². The van der Waals surface area contributed by atoms with Gasteiger partial charge in [-0.25, -0.2) is 14.4 Å². The molecule has 1 N–H and O–H groups in total. The predicted octanol–water partition coefficient (Wildman–Crippen LogP) is 7.89. The van der Waals surface area contributed by atoms with Gasteiger partial charge in [0.1, 0.15) is 23.8 Å². The van der Waals surface area contributed by atoms with Gasteiger partial charge in [-0.15, -0.1) is 11.8 Å². The summed E-state index contributed by atoms with van der Waals surface area (Å²) in [6.07, 6.45) is 2.00. The summed E-state index contributed by atoms with van der Waals surface area (Å²) in [5.41, 5.74) is 3.23. The van der Waals surface area contributed by atoms with Crippen molar-refractivity contribution in [3.05, 3.63) is 95.7 Å². The zero-order valence-electron chi connectivity index (χ0n) is 23.9. The minimum atomic E-state index is -1.01. The van der Waals surface area contributed by atoms with Crippen molar-refractivity contribution in [3.63, 3.8) is 0 Å². The number of rotatable bonds is 9. The highest BCUT2D eigenvalue weighted by atomic mass is 32.2. The number of aromatic nitrogens is 3. The number of benzene rings is 2. The van der Waals surface area contributed by atoms with Crippen LogP contribution in [0.1, 0.15) is 51.6 Å². The van der Waals surface area contributed by atoms with E-state index >= 15 is 0 Å². The molecule has 0 unspecified atom stereocenters. The molecular weight excluding hydrogens is 537 g/mol. The van der Waals surface area contributed by atoms with Gasteiger partial charge in [-0.1, -0.05) is 57.2 Å². The number of fused-ring (bicyclic) bond motifs is 2. The zero-order chi connectivity index (χ0) is 29.4. The van der Waals surface area contributed by atoms with E-state index < -0.39 is 11.4 Å². The maximum atomic E-state index is 13.7. The lowest BCUT2D eigenvalue weighted by molar-refractivity contribution is -0.146. The molecule has 3 aromatic heterocycles. The van der Waals surface area contributed by atoms with Crippen LogP contribution in [-0.4, -0.2) is 30.4 Å². The largest absolute Gasteiger partial charge is 0.486 e. The Bertz CT molecular complexity index is 1720. The highest BCUT2D eigenvalue weighted by Crippen LogP contribution is 2.43. The van der Waals surface area contributed by atoms with Crippen molar-refractivity contribution in [2.45, 2.75) is 63.8 Å². The Hall–Kier alpha value is -3.91. The lowest BCUT2D eigenvalue weighted by Crippen LogP contribution is -2.28. The van der Waals surface area contributed by atoms with Crippen LogP contribution in [0.15, 0.2) is 77.8 Å². The Morgan fingerprint density at radius 3 is 2.46 bits per heavy atom. The summed E-state index contributed by atoms with van der Waals surface area (Å²) in [4.78, 5) is 22.7. The fourth-order valence-electron chi connectivity index (χ4n) is 4.68. The molecule has 0 radical (unpaired) electrons. The number of carbonyl (C=O) groups is 1. The molecule has 5 rings (SSSR count). The van der Waals surface area contributed by atoms with Gasteiger partial charge in [-0.3, -0.25) is 4.79 Å². The predicted molar refractivity (Wildman–Crippen MR) is 162 cm³/mol. The molecule has 3 heterocycles. The topological polar surface area (TPSA) is 77.2 Å². The minimum absolute atomic E-state index is 0.150. The third-order valence-corrected chi connectivity index (χ3v) is 8.10. The van der Waals surface area contributed by atoms with Gasteiger partial charge in [0.15, 0.2) is 0 Å². The standard InChI is InChI=1S/C33H34FN3O3S/c1-32(2,3)41-29-26-16-25(40-20-24-15-12-22-8-6-7-9-27(22)36-24)18-35-30(26)37(19-21-10-13-23(34)14-11-21)28(29)17-33(4,5)31(38)39/h6-16,18H,17,19-20H2,1-5H3,(H,38,39). The molecule has 0 atom stereocenters. The van der Waals surface area contributed by atoms with Crippen LogP contribution in [0.2, 0.25) is 0 Å². The molecule has 6 nitrogen and oxygen atoms in total. The summed E-state index contributed by atoms with van der Waals surface area (Å²) in [7, 11) is 0. The third-order valence-electron chi connectivity index (χ3n) is 6.82. The summed E-state index contributed by atoms with van der Waals surface area (Å²) in [6.45, 7) is 10.6. The van der Waals surface area contributed by atoms with E-state index in [1.807, 2.05) is 42.5 Å². The Morgan fingerprint density at radius 2 is 1.76 bits per heavy atom. The molecule has 0 aliphatic rings. The SMILES string of the molecule is CC(C)(C)Sc1c(CC(C)(C)C(=O)O)n(Cc2ccc(F)cc2)c2ncc(OCc3ccc4ccccc4n3)cc12. The number of para-hydroxylation sites is 1. The third kappa shape index (κ3) is 6.54. The molecule has 2 aromatic carbocycles. The number of nitrogens with zero attached hydrogens (tertiary/aromatic N) is 3. The van der Waals surface area contributed by atoms with Gasteiger partial charge in [0.05, 0.1) is 22.8 Å². The van der Waals surface area contributed by atoms with E-state index in [2.05, 4.69) is 25.3 Å². The quantitative estimate of drug-likeness (QED) is 0.181. The molecule has 212 valence electrons. The lowest BCUT2D eigenvalue weighted by atomic mass is 9.88. The first kappa shape index (κ1) is 28.6. The number of thioether (sulfide) groups is 1. The van der Waals surface area contributed by atoms with Gasteiger partial charge in [-0.05, 0) is 49.7 Å². The van der Waals surface area contributed by atoms with Crippen LogP contribution < -0.4 is 4.74 Å². The molecule has 0 aliphatic carbocycles. The average Bonchev–Trinajstić information content (AvgIpc) is 3.18. The van der Waals surface area contributed by atoms with E-state index in [0.29, 0.717) is 18.7 Å². The second-order valence-corrected chi connectivity index (χ2v) is 13.7. The highest BCUT2D eigenvalue weighted by Gasteiger charge is 2.33. The van der Waals surface area contributed by atoms with Crippen molar-refractivity contribution in [2.24, 2.45) is 5.41 Å². The number of pyridine rings is 2. The maximum absolute atomic E-state index is 13.7. The lowest BCUT2D eigenvalue weighted by Gasteiger charge is -2.24. The van der Waals surface area contributed by atoms with Gasteiger partial charge in [0.25, 0.3) is 0 Å². The monoisotopic (exact) mass is 571 g/mol. The van der Waals surface area contributed by atoms with Gasteiger partial charge in [-0.2, -0.15) is 0 Å². The summed E-state index contributed by atoms with van der Waals surface area (Å²) >= 11 is 1.69. The van der Waals surface area contributed by atoms with E-state index in [9.17, 15) is 14.3 Å². The maximum Gasteiger partial charge on any atom is 0.309 e. The van der Waals surface area contributed by atoms with E-state index in [4.69, 9.17) is 14.7 Å². The van der Waals surface area contributed by atoms with E-state index in [1.165, 1.54) is 12.1 Å². The molecule has 41 heavy (non-hydrogen) atoms. The first-order valence-corrected chi connectivity index (χ1v) is 14.4. The van der Waals surface area contributed by atoms with E-state index in [-0.39, 0.29) is 17.2 Å². The Kier molecular flexibility index (Phi) is 7.79. The van der Waals surface area contributed by atoms with Gasteiger partial charge in [0, 0.05) is 39.1 Å². The van der Waals surface area contributed by atoms with Gasteiger partial charge >= 0.3 is 5.97 Å². The molecule has 0 spiro atoms. The second-order valence-electron chi connectivity index (χ2n) is 11.9. The molecule has 0 aliphatic heterocycles. The van der Waals surface area contributed by atoms with Crippen LogP contribution in [0.4, 0.5) is 4.39 Å². The van der Waals surface area contributed by atoms with E-state index in [0.717, 1.165) is 43.8 Å². The fourth-order valence-corrected chi connectivity index (χ4v) is 5.86.